The second kappa shape index (κ2) is 4.25. The summed E-state index contributed by atoms with van der Waals surface area (Å²) in [6.07, 6.45) is 2.79. The molecule has 2 rings (SSSR count). The predicted molar refractivity (Wildman–Crippen MR) is 61.2 cm³/mol. The first-order valence-electron chi connectivity index (χ1n) is 5.28. The third-order valence-electron chi connectivity index (χ3n) is 2.95. The molecule has 16 heavy (non-hydrogen) atoms. The van der Waals surface area contributed by atoms with E-state index in [4.69, 9.17) is 4.74 Å². The maximum absolute atomic E-state index is 12.4. The third kappa shape index (κ3) is 1.91. The number of carbonyl (C=O) groups excluding carboxylic acids is 1. The molecule has 0 aromatic carbocycles. The van der Waals surface area contributed by atoms with Crippen molar-refractivity contribution in [2.75, 3.05) is 6.61 Å². The molecule has 0 aliphatic carbocycles. The molecule has 0 saturated carbocycles. The van der Waals surface area contributed by atoms with E-state index in [0.717, 1.165) is 19.3 Å². The van der Waals surface area contributed by atoms with Crippen molar-refractivity contribution in [1.82, 2.24) is 15.0 Å². The van der Waals surface area contributed by atoms with Gasteiger partial charge < -0.3 is 4.74 Å². The first kappa shape index (κ1) is 11.7. The van der Waals surface area contributed by atoms with Gasteiger partial charge in [0.2, 0.25) is 5.78 Å². The summed E-state index contributed by atoms with van der Waals surface area (Å²) in [5, 5.41) is 7.62. The van der Waals surface area contributed by atoms with Crippen LogP contribution in [0.25, 0.3) is 0 Å². The number of halogens is 1. The Morgan fingerprint density at radius 1 is 1.56 bits per heavy atom. The molecule has 1 aromatic rings. The number of aryl methyl sites for hydroxylation is 1. The van der Waals surface area contributed by atoms with E-state index < -0.39 is 5.60 Å². The molecule has 1 atom stereocenters. The first-order valence-corrected chi connectivity index (χ1v) is 6.08. The molecule has 0 radical (unpaired) electrons. The molecule has 1 saturated heterocycles. The van der Waals surface area contributed by atoms with Crippen molar-refractivity contribution in [2.24, 2.45) is 7.05 Å². The van der Waals surface area contributed by atoms with Crippen LogP contribution in [0.5, 0.6) is 0 Å². The molecular weight excluding hydrogens is 274 g/mol. The summed E-state index contributed by atoms with van der Waals surface area (Å²) < 4.78 is 7.59. The van der Waals surface area contributed by atoms with Crippen molar-refractivity contribution in [3.05, 3.63) is 10.3 Å². The summed E-state index contributed by atoms with van der Waals surface area (Å²) in [6, 6.07) is 0. The zero-order chi connectivity index (χ0) is 11.8. The molecule has 0 amide bonds. The fraction of sp³-hybridized carbons (Fsp3) is 0.700. The maximum atomic E-state index is 12.4. The minimum atomic E-state index is -0.726. The van der Waals surface area contributed by atoms with E-state index in [9.17, 15) is 4.79 Å². The highest BCUT2D eigenvalue weighted by Crippen LogP contribution is 2.29. The molecule has 0 bridgehead atoms. The minimum absolute atomic E-state index is 0.0495. The summed E-state index contributed by atoms with van der Waals surface area (Å²) >= 11 is 3.24. The van der Waals surface area contributed by atoms with E-state index in [1.165, 1.54) is 4.68 Å². The van der Waals surface area contributed by atoms with Crippen molar-refractivity contribution in [2.45, 2.75) is 31.8 Å². The molecule has 1 aliphatic rings. The summed E-state index contributed by atoms with van der Waals surface area (Å²) in [5.41, 5.74) is -0.250. The number of carbonyl (C=O) groups is 1. The summed E-state index contributed by atoms with van der Waals surface area (Å²) in [7, 11) is 1.71. The quantitative estimate of drug-likeness (QED) is 0.777. The Morgan fingerprint density at radius 2 is 2.31 bits per heavy atom. The Hall–Kier alpha value is -0.750. The fourth-order valence-corrected chi connectivity index (χ4v) is 2.44. The molecule has 5 nitrogen and oxygen atoms in total. The van der Waals surface area contributed by atoms with Gasteiger partial charge in [0.15, 0.2) is 4.60 Å². The van der Waals surface area contributed by atoms with Crippen molar-refractivity contribution >= 4 is 21.7 Å². The van der Waals surface area contributed by atoms with Crippen LogP contribution >= 0.6 is 15.9 Å². The molecular formula is C10H14BrN3O2. The highest BCUT2D eigenvalue weighted by molar-refractivity contribution is 9.10. The first-order chi connectivity index (χ1) is 7.54. The molecule has 1 unspecified atom stereocenters. The van der Waals surface area contributed by atoms with Gasteiger partial charge in [0, 0.05) is 13.7 Å². The molecule has 6 heteroatoms. The van der Waals surface area contributed by atoms with Gasteiger partial charge in [0.25, 0.3) is 0 Å². The van der Waals surface area contributed by atoms with Crippen molar-refractivity contribution in [3.8, 4) is 0 Å². The van der Waals surface area contributed by atoms with E-state index in [-0.39, 0.29) is 5.78 Å². The Morgan fingerprint density at radius 3 is 2.81 bits per heavy atom. The van der Waals surface area contributed by atoms with Gasteiger partial charge in [0.1, 0.15) is 11.3 Å². The third-order valence-corrected chi connectivity index (χ3v) is 3.48. The van der Waals surface area contributed by atoms with E-state index in [0.29, 0.717) is 16.9 Å². The number of Topliss-reactive ketones (excluding diaryl/α,β-unsaturated/α-hetero) is 1. The highest BCUT2D eigenvalue weighted by Gasteiger charge is 2.39. The molecule has 88 valence electrons. The Labute approximate surface area is 102 Å². The number of hydrogen-bond acceptors (Lipinski definition) is 4. The van der Waals surface area contributed by atoms with Crippen molar-refractivity contribution in [1.29, 1.82) is 0 Å². The van der Waals surface area contributed by atoms with Crippen molar-refractivity contribution < 1.29 is 9.53 Å². The topological polar surface area (TPSA) is 57.0 Å². The lowest BCUT2D eigenvalue weighted by atomic mass is 9.90. The SMILES string of the molecule is Cn1nnc(Br)c1C(=O)C1(C)CCCCO1. The highest BCUT2D eigenvalue weighted by atomic mass is 79.9. The number of aromatic nitrogens is 3. The average Bonchev–Trinajstić information content (AvgIpc) is 2.59. The predicted octanol–water partition coefficient (Wildman–Crippen LogP) is 1.72. The van der Waals surface area contributed by atoms with Crippen LogP contribution in [0.3, 0.4) is 0 Å². The Kier molecular flexibility index (Phi) is 3.12. The van der Waals surface area contributed by atoms with Gasteiger partial charge >= 0.3 is 0 Å². The Balaban J connectivity index is 2.31. The average molecular weight is 288 g/mol. The summed E-state index contributed by atoms with van der Waals surface area (Å²) in [5.74, 6) is -0.0495. The normalized spacial score (nSPS) is 25.7. The van der Waals surface area contributed by atoms with Crippen LogP contribution in [0.2, 0.25) is 0 Å². The van der Waals surface area contributed by atoms with E-state index in [1.54, 1.807) is 7.05 Å². The second-order valence-electron chi connectivity index (χ2n) is 4.22. The smallest absolute Gasteiger partial charge is 0.215 e. The molecule has 2 heterocycles. The van der Waals surface area contributed by atoms with Crippen LogP contribution in [0.1, 0.15) is 36.7 Å². The van der Waals surface area contributed by atoms with Crippen LogP contribution in [-0.4, -0.2) is 33.0 Å². The van der Waals surface area contributed by atoms with Crippen LogP contribution in [-0.2, 0) is 11.8 Å². The maximum Gasteiger partial charge on any atom is 0.215 e. The van der Waals surface area contributed by atoms with Gasteiger partial charge in [-0.1, -0.05) is 5.21 Å². The molecule has 0 N–H and O–H groups in total. The van der Waals surface area contributed by atoms with Gasteiger partial charge in [-0.3, -0.25) is 4.79 Å². The van der Waals surface area contributed by atoms with Crippen LogP contribution < -0.4 is 0 Å². The molecule has 1 aliphatic heterocycles. The van der Waals surface area contributed by atoms with Crippen LogP contribution in [0, 0.1) is 0 Å². The standard InChI is InChI=1S/C10H14BrN3O2/c1-10(5-3-4-6-16-10)8(15)7-9(11)12-13-14(7)2/h3-6H2,1-2H3. The lowest BCUT2D eigenvalue weighted by molar-refractivity contribution is -0.0431. The number of ketones is 1. The van der Waals surface area contributed by atoms with E-state index >= 15 is 0 Å². The van der Waals surface area contributed by atoms with E-state index in [1.807, 2.05) is 6.92 Å². The van der Waals surface area contributed by atoms with Crippen molar-refractivity contribution in [3.63, 3.8) is 0 Å². The zero-order valence-electron chi connectivity index (χ0n) is 9.36. The molecule has 1 fully saturated rings. The number of nitrogens with zero attached hydrogens (tertiary/aromatic N) is 3. The number of hydrogen-bond donors (Lipinski definition) is 0. The minimum Gasteiger partial charge on any atom is -0.367 e. The summed E-state index contributed by atoms with van der Waals surface area (Å²) in [4.78, 5) is 12.4. The fourth-order valence-electron chi connectivity index (χ4n) is 1.94. The van der Waals surface area contributed by atoms with E-state index in [2.05, 4.69) is 26.2 Å². The van der Waals surface area contributed by atoms with Gasteiger partial charge in [-0.2, -0.15) is 0 Å². The monoisotopic (exact) mass is 287 g/mol. The van der Waals surface area contributed by atoms with Gasteiger partial charge in [-0.15, -0.1) is 5.10 Å². The van der Waals surface area contributed by atoms with Gasteiger partial charge in [-0.25, -0.2) is 4.68 Å². The summed E-state index contributed by atoms with van der Waals surface area (Å²) in [6.45, 7) is 2.49. The second-order valence-corrected chi connectivity index (χ2v) is 4.97. The van der Waals surface area contributed by atoms with Crippen LogP contribution in [0.15, 0.2) is 4.60 Å². The Bertz CT molecular complexity index is 391. The number of ether oxygens (including phenoxy) is 1. The van der Waals surface area contributed by atoms with Gasteiger partial charge in [0.05, 0.1) is 0 Å². The number of rotatable bonds is 2. The van der Waals surface area contributed by atoms with Gasteiger partial charge in [-0.05, 0) is 42.1 Å². The largest absolute Gasteiger partial charge is 0.367 e. The molecule has 1 aromatic heterocycles. The zero-order valence-corrected chi connectivity index (χ0v) is 11.0. The lowest BCUT2D eigenvalue weighted by Gasteiger charge is -2.32. The van der Waals surface area contributed by atoms with Crippen LogP contribution in [0.4, 0.5) is 0 Å². The molecule has 0 spiro atoms. The lowest BCUT2D eigenvalue weighted by Crippen LogP contribution is -2.42.